The number of benzene rings is 2. The maximum atomic E-state index is 4.77. The van der Waals surface area contributed by atoms with Gasteiger partial charge in [-0.3, -0.25) is 19.9 Å². The SMILES string of the molecule is C/C=C(\C(=C/S)c1cc(-c2ccncc2)cc(-c2ccncc2)c1)c1cc(-c2ccncc2)cc(-c2ccncc2)c1. The van der Waals surface area contributed by atoms with Crippen LogP contribution in [0.1, 0.15) is 18.1 Å². The first kappa shape index (κ1) is 27.1. The molecule has 4 heterocycles. The van der Waals surface area contributed by atoms with Crippen LogP contribution in [0.2, 0.25) is 0 Å². The zero-order chi connectivity index (χ0) is 28.7. The fourth-order valence-electron chi connectivity index (χ4n) is 5.19. The molecule has 0 amide bonds. The maximum absolute atomic E-state index is 4.77. The molecule has 202 valence electrons. The highest BCUT2D eigenvalue weighted by Crippen LogP contribution is 2.39. The molecule has 0 bridgehead atoms. The van der Waals surface area contributed by atoms with Gasteiger partial charge in [-0.1, -0.05) is 6.08 Å². The summed E-state index contributed by atoms with van der Waals surface area (Å²) < 4.78 is 0. The third kappa shape index (κ3) is 5.82. The molecule has 6 aromatic rings. The van der Waals surface area contributed by atoms with E-state index < -0.39 is 0 Å². The molecule has 0 N–H and O–H groups in total. The highest BCUT2D eigenvalue weighted by atomic mass is 32.1. The minimum atomic E-state index is 1.03. The van der Waals surface area contributed by atoms with Gasteiger partial charge in [0.1, 0.15) is 0 Å². The fraction of sp³-hybridized carbons (Fsp3) is 0.0270. The molecule has 0 aliphatic carbocycles. The Morgan fingerprint density at radius 2 is 0.714 bits per heavy atom. The number of pyridine rings is 4. The van der Waals surface area contributed by atoms with Gasteiger partial charge in [0.25, 0.3) is 0 Å². The fourth-order valence-corrected chi connectivity index (χ4v) is 5.48. The summed E-state index contributed by atoms with van der Waals surface area (Å²) in [5.74, 6) is 0. The summed E-state index contributed by atoms with van der Waals surface area (Å²) in [6.45, 7) is 2.08. The third-order valence-corrected chi connectivity index (χ3v) is 7.51. The molecular formula is C37H28N4S. The first-order valence-electron chi connectivity index (χ1n) is 13.7. The minimum Gasteiger partial charge on any atom is -0.265 e. The number of nitrogens with zero attached hydrogens (tertiary/aromatic N) is 4. The summed E-state index contributed by atoms with van der Waals surface area (Å²) in [6, 6.07) is 29.7. The van der Waals surface area contributed by atoms with Gasteiger partial charge in [0.05, 0.1) is 0 Å². The van der Waals surface area contributed by atoms with Crippen molar-refractivity contribution in [2.24, 2.45) is 0 Å². The van der Waals surface area contributed by atoms with Crippen molar-refractivity contribution in [1.82, 2.24) is 19.9 Å². The van der Waals surface area contributed by atoms with Gasteiger partial charge < -0.3 is 0 Å². The zero-order valence-corrected chi connectivity index (χ0v) is 24.0. The average molecular weight is 561 g/mol. The van der Waals surface area contributed by atoms with Crippen LogP contribution < -0.4 is 0 Å². The van der Waals surface area contributed by atoms with Gasteiger partial charge in [-0.05, 0) is 164 Å². The Morgan fingerprint density at radius 1 is 0.429 bits per heavy atom. The monoisotopic (exact) mass is 560 g/mol. The molecule has 5 heteroatoms. The van der Waals surface area contributed by atoms with E-state index in [2.05, 4.69) is 69.3 Å². The highest BCUT2D eigenvalue weighted by molar-refractivity contribution is 7.83. The standard InChI is InChI=1S/C37H28N4S/c1-2-36(34-21-30(26-3-11-38-12-4-26)19-31(22-34)27-5-13-39-14-6-27)37(25-42)35-23-32(28-7-15-40-16-8-28)20-33(24-35)29-9-17-41-18-10-29/h2-25,42H,1H3/b36-2-,37-25-. The lowest BCUT2D eigenvalue weighted by atomic mass is 9.87. The number of allylic oxidation sites excluding steroid dienone is 3. The molecule has 0 spiro atoms. The molecule has 0 aliphatic rings. The van der Waals surface area contributed by atoms with Crippen molar-refractivity contribution in [2.75, 3.05) is 0 Å². The Morgan fingerprint density at radius 3 is 0.976 bits per heavy atom. The molecular weight excluding hydrogens is 533 g/mol. The molecule has 0 atom stereocenters. The van der Waals surface area contributed by atoms with Crippen LogP contribution in [0.25, 0.3) is 55.7 Å². The molecule has 4 aromatic heterocycles. The summed E-state index contributed by atoms with van der Waals surface area (Å²) in [5.41, 5.74) is 13.1. The van der Waals surface area contributed by atoms with Crippen molar-refractivity contribution in [3.8, 4) is 44.5 Å². The topological polar surface area (TPSA) is 51.6 Å². The predicted molar refractivity (Wildman–Crippen MR) is 176 cm³/mol. The quantitative estimate of drug-likeness (QED) is 0.156. The van der Waals surface area contributed by atoms with Crippen molar-refractivity contribution >= 4 is 23.8 Å². The summed E-state index contributed by atoms with van der Waals surface area (Å²) in [5, 5.41) is 1.91. The van der Waals surface area contributed by atoms with Gasteiger partial charge in [0.15, 0.2) is 0 Å². The van der Waals surface area contributed by atoms with E-state index >= 15 is 0 Å². The number of hydrogen-bond acceptors (Lipinski definition) is 5. The second kappa shape index (κ2) is 12.6. The first-order chi connectivity index (χ1) is 20.7. The van der Waals surface area contributed by atoms with Gasteiger partial charge >= 0.3 is 0 Å². The van der Waals surface area contributed by atoms with Crippen molar-refractivity contribution in [3.05, 3.63) is 157 Å². The molecule has 42 heavy (non-hydrogen) atoms. The predicted octanol–water partition coefficient (Wildman–Crippen LogP) is 9.31. The maximum Gasteiger partial charge on any atom is 0.0273 e. The van der Waals surface area contributed by atoms with E-state index in [9.17, 15) is 0 Å². The van der Waals surface area contributed by atoms with Crippen molar-refractivity contribution < 1.29 is 0 Å². The minimum absolute atomic E-state index is 1.03. The van der Waals surface area contributed by atoms with Crippen LogP contribution in [0.15, 0.2) is 146 Å². The smallest absolute Gasteiger partial charge is 0.0273 e. The number of thiol groups is 1. The Bertz CT molecular complexity index is 1610. The normalized spacial score (nSPS) is 11.9. The average Bonchev–Trinajstić information content (AvgIpc) is 3.08. The van der Waals surface area contributed by atoms with E-state index in [1.807, 2.05) is 104 Å². The Labute approximate surface area is 251 Å². The lowest BCUT2D eigenvalue weighted by Crippen LogP contribution is -1.95. The first-order valence-corrected chi connectivity index (χ1v) is 14.2. The van der Waals surface area contributed by atoms with Crippen LogP contribution in [-0.4, -0.2) is 19.9 Å². The van der Waals surface area contributed by atoms with E-state index in [-0.39, 0.29) is 0 Å². The van der Waals surface area contributed by atoms with Crippen LogP contribution in [0.4, 0.5) is 0 Å². The molecule has 0 unspecified atom stereocenters. The van der Waals surface area contributed by atoms with Gasteiger partial charge in [-0.15, -0.1) is 0 Å². The van der Waals surface area contributed by atoms with E-state index in [4.69, 9.17) is 12.6 Å². The third-order valence-electron chi connectivity index (χ3n) is 7.25. The van der Waals surface area contributed by atoms with Gasteiger partial charge in [-0.25, -0.2) is 0 Å². The highest BCUT2D eigenvalue weighted by Gasteiger charge is 2.16. The lowest BCUT2D eigenvalue weighted by molar-refractivity contribution is 1.32. The molecule has 0 fully saturated rings. The summed E-state index contributed by atoms with van der Waals surface area (Å²) in [7, 11) is 0. The Hall–Kier alpha value is -5.13. The second-order valence-corrected chi connectivity index (χ2v) is 10.0. The second-order valence-electron chi connectivity index (χ2n) is 9.79. The largest absolute Gasteiger partial charge is 0.265 e. The zero-order valence-electron chi connectivity index (χ0n) is 23.1. The van der Waals surface area contributed by atoms with E-state index in [1.54, 1.807) is 0 Å². The molecule has 0 aliphatic heterocycles. The van der Waals surface area contributed by atoms with Gasteiger partial charge in [0, 0.05) is 49.6 Å². The van der Waals surface area contributed by atoms with Crippen LogP contribution >= 0.6 is 12.6 Å². The van der Waals surface area contributed by atoms with Gasteiger partial charge in [0.2, 0.25) is 0 Å². The lowest BCUT2D eigenvalue weighted by Gasteiger charge is -2.18. The summed E-state index contributed by atoms with van der Waals surface area (Å²) in [4.78, 5) is 16.9. The molecule has 2 aromatic carbocycles. The molecule has 0 radical (unpaired) electrons. The van der Waals surface area contributed by atoms with Gasteiger partial charge in [-0.2, -0.15) is 12.6 Å². The molecule has 6 rings (SSSR count). The van der Waals surface area contributed by atoms with Crippen molar-refractivity contribution in [3.63, 3.8) is 0 Å². The van der Waals surface area contributed by atoms with Crippen LogP contribution in [0.5, 0.6) is 0 Å². The van der Waals surface area contributed by atoms with E-state index in [1.165, 1.54) is 0 Å². The molecule has 4 nitrogen and oxygen atoms in total. The summed E-state index contributed by atoms with van der Waals surface area (Å²) >= 11 is 4.77. The molecule has 0 saturated heterocycles. The Balaban J connectivity index is 1.52. The number of rotatable bonds is 7. The van der Waals surface area contributed by atoms with Crippen molar-refractivity contribution in [1.29, 1.82) is 0 Å². The van der Waals surface area contributed by atoms with Crippen LogP contribution in [0.3, 0.4) is 0 Å². The van der Waals surface area contributed by atoms with Crippen LogP contribution in [-0.2, 0) is 0 Å². The van der Waals surface area contributed by atoms with Crippen molar-refractivity contribution in [2.45, 2.75) is 6.92 Å². The van der Waals surface area contributed by atoms with Crippen LogP contribution in [0, 0.1) is 0 Å². The van der Waals surface area contributed by atoms with E-state index in [0.29, 0.717) is 0 Å². The van der Waals surface area contributed by atoms with E-state index in [0.717, 1.165) is 66.8 Å². The summed E-state index contributed by atoms with van der Waals surface area (Å²) in [6.07, 6.45) is 16.8. The Kier molecular flexibility index (Phi) is 8.11. The number of hydrogen-bond donors (Lipinski definition) is 1. The molecule has 0 saturated carbocycles. The number of aromatic nitrogens is 4.